The van der Waals surface area contributed by atoms with Crippen molar-refractivity contribution in [2.45, 2.75) is 6.04 Å². The Labute approximate surface area is 105 Å². The van der Waals surface area contributed by atoms with Crippen LogP contribution in [0.5, 0.6) is 0 Å². The van der Waals surface area contributed by atoms with Crippen molar-refractivity contribution in [1.82, 2.24) is 10.3 Å². The lowest BCUT2D eigenvalue weighted by Crippen LogP contribution is -2.38. The van der Waals surface area contributed by atoms with Crippen molar-refractivity contribution >= 4 is 44.7 Å². The molecule has 2 rings (SSSR count). The Bertz CT molecular complexity index is 441. The molecule has 1 aliphatic rings. The van der Waals surface area contributed by atoms with Gasteiger partial charge in [-0.1, -0.05) is 17.8 Å². The molecule has 5 nitrogen and oxygen atoms in total. The number of halogens is 1. The molecule has 16 heavy (non-hydrogen) atoms. The molecule has 0 aliphatic carbocycles. The second-order valence-corrected chi connectivity index (χ2v) is 4.94. The van der Waals surface area contributed by atoms with Gasteiger partial charge in [-0.2, -0.15) is 0 Å². The predicted octanol–water partition coefficient (Wildman–Crippen LogP) is 1.61. The predicted molar refractivity (Wildman–Crippen MR) is 65.3 cm³/mol. The van der Waals surface area contributed by atoms with Crippen LogP contribution in [0.2, 0.25) is 0 Å². The van der Waals surface area contributed by atoms with Gasteiger partial charge in [0, 0.05) is 5.75 Å². The van der Waals surface area contributed by atoms with Crippen molar-refractivity contribution in [3.05, 3.63) is 22.8 Å². The van der Waals surface area contributed by atoms with Crippen molar-refractivity contribution < 1.29 is 9.59 Å². The fraction of sp³-hybridized carbons (Fsp3) is 0.222. The minimum Gasteiger partial charge on any atom is -0.334 e. The van der Waals surface area contributed by atoms with E-state index >= 15 is 0 Å². The van der Waals surface area contributed by atoms with Gasteiger partial charge in [-0.05, 0) is 28.1 Å². The third-order valence-electron chi connectivity index (χ3n) is 1.96. The van der Waals surface area contributed by atoms with E-state index in [2.05, 4.69) is 31.5 Å². The molecule has 0 radical (unpaired) electrons. The average molecular weight is 302 g/mol. The highest BCUT2D eigenvalue weighted by atomic mass is 79.9. The van der Waals surface area contributed by atoms with Crippen LogP contribution in [-0.2, 0) is 4.79 Å². The van der Waals surface area contributed by atoms with Crippen LogP contribution in [0.25, 0.3) is 0 Å². The summed E-state index contributed by atoms with van der Waals surface area (Å²) in [5.74, 6) is 0.674. The fourth-order valence-corrected chi connectivity index (χ4v) is 2.34. The number of hydrogen-bond acceptors (Lipinski definition) is 4. The third-order valence-corrected chi connectivity index (χ3v) is 3.28. The van der Waals surface area contributed by atoms with Gasteiger partial charge in [-0.15, -0.1) is 0 Å². The molecule has 1 aromatic heterocycles. The molecule has 1 saturated heterocycles. The van der Waals surface area contributed by atoms with E-state index < -0.39 is 6.04 Å². The van der Waals surface area contributed by atoms with Crippen molar-refractivity contribution in [2.75, 3.05) is 11.1 Å². The number of nitrogens with zero attached hydrogens (tertiary/aromatic N) is 1. The lowest BCUT2D eigenvalue weighted by Gasteiger charge is -2.09. The zero-order valence-corrected chi connectivity index (χ0v) is 10.5. The quantitative estimate of drug-likeness (QED) is 0.814. The first-order valence-electron chi connectivity index (χ1n) is 4.52. The summed E-state index contributed by atoms with van der Waals surface area (Å²) in [5.41, 5.74) is 0. The lowest BCUT2D eigenvalue weighted by atomic mass is 10.3. The first-order valence-corrected chi connectivity index (χ1v) is 6.30. The van der Waals surface area contributed by atoms with Crippen molar-refractivity contribution in [1.29, 1.82) is 0 Å². The van der Waals surface area contributed by atoms with Gasteiger partial charge in [0.25, 0.3) is 5.24 Å². The molecule has 0 spiro atoms. The van der Waals surface area contributed by atoms with Gasteiger partial charge in [0.15, 0.2) is 0 Å². The van der Waals surface area contributed by atoms with Gasteiger partial charge in [-0.3, -0.25) is 9.59 Å². The van der Waals surface area contributed by atoms with E-state index in [1.54, 1.807) is 18.2 Å². The molecule has 84 valence electrons. The van der Waals surface area contributed by atoms with Gasteiger partial charge < -0.3 is 10.6 Å². The van der Waals surface area contributed by atoms with Crippen molar-refractivity contribution in [2.24, 2.45) is 0 Å². The molecular weight excluding hydrogens is 294 g/mol. The number of rotatable bonds is 2. The molecule has 1 atom stereocenters. The lowest BCUT2D eigenvalue weighted by molar-refractivity contribution is -0.117. The van der Waals surface area contributed by atoms with Crippen molar-refractivity contribution in [3.63, 3.8) is 0 Å². The van der Waals surface area contributed by atoms with Crippen LogP contribution in [0.15, 0.2) is 22.8 Å². The van der Waals surface area contributed by atoms with E-state index in [1.807, 2.05) is 0 Å². The Kier molecular flexibility index (Phi) is 3.45. The number of carbonyl (C=O) groups excluding carboxylic acids is 2. The maximum Gasteiger partial charge on any atom is 0.279 e. The molecule has 0 saturated carbocycles. The fourth-order valence-electron chi connectivity index (χ4n) is 1.22. The number of carbonyl (C=O) groups is 2. The van der Waals surface area contributed by atoms with Crippen LogP contribution < -0.4 is 10.6 Å². The second kappa shape index (κ2) is 4.84. The van der Waals surface area contributed by atoms with Crippen LogP contribution >= 0.6 is 27.7 Å². The highest BCUT2D eigenvalue weighted by Crippen LogP contribution is 2.15. The molecule has 1 aromatic rings. The van der Waals surface area contributed by atoms with Crippen LogP contribution in [0.1, 0.15) is 0 Å². The molecule has 2 N–H and O–H groups in total. The van der Waals surface area contributed by atoms with Crippen LogP contribution in [0.4, 0.5) is 10.6 Å². The van der Waals surface area contributed by atoms with Crippen LogP contribution in [-0.4, -0.2) is 27.9 Å². The zero-order valence-electron chi connectivity index (χ0n) is 8.07. The number of nitrogens with one attached hydrogen (secondary N) is 2. The highest BCUT2D eigenvalue weighted by molar-refractivity contribution is 9.10. The first kappa shape index (κ1) is 11.4. The Morgan fingerprint density at radius 1 is 1.62 bits per heavy atom. The third kappa shape index (κ3) is 2.73. The Morgan fingerprint density at radius 2 is 2.44 bits per heavy atom. The number of hydrogen-bond donors (Lipinski definition) is 2. The number of aromatic nitrogens is 1. The maximum absolute atomic E-state index is 11.7. The number of amides is 2. The first-order chi connectivity index (χ1) is 7.65. The molecule has 2 amide bonds. The highest BCUT2D eigenvalue weighted by Gasteiger charge is 2.28. The van der Waals surface area contributed by atoms with Crippen LogP contribution in [0.3, 0.4) is 0 Å². The molecule has 2 heterocycles. The minimum atomic E-state index is -0.474. The van der Waals surface area contributed by atoms with Gasteiger partial charge in [-0.25, -0.2) is 4.98 Å². The summed E-state index contributed by atoms with van der Waals surface area (Å²) in [4.78, 5) is 26.7. The SMILES string of the molecule is O=C1NC(C(=O)Nc2cccc(Br)n2)CS1. The topological polar surface area (TPSA) is 71.1 Å². The van der Waals surface area contributed by atoms with Gasteiger partial charge in [0.1, 0.15) is 16.5 Å². The van der Waals surface area contributed by atoms with E-state index in [0.29, 0.717) is 16.2 Å². The summed E-state index contributed by atoms with van der Waals surface area (Å²) in [5, 5.41) is 5.03. The van der Waals surface area contributed by atoms with E-state index in [-0.39, 0.29) is 11.1 Å². The summed E-state index contributed by atoms with van der Waals surface area (Å²) in [7, 11) is 0. The molecule has 1 unspecified atom stereocenters. The molecule has 0 bridgehead atoms. The molecule has 0 aromatic carbocycles. The summed E-state index contributed by atoms with van der Waals surface area (Å²) in [6, 6.07) is 4.75. The monoisotopic (exact) mass is 301 g/mol. The van der Waals surface area contributed by atoms with Gasteiger partial charge in [0.05, 0.1) is 0 Å². The maximum atomic E-state index is 11.7. The van der Waals surface area contributed by atoms with E-state index in [1.165, 1.54) is 0 Å². The summed E-state index contributed by atoms with van der Waals surface area (Å²) >= 11 is 4.32. The average Bonchev–Trinajstić information content (AvgIpc) is 2.65. The number of anilines is 1. The normalized spacial score (nSPS) is 19.3. The smallest absolute Gasteiger partial charge is 0.279 e. The molecule has 1 fully saturated rings. The van der Waals surface area contributed by atoms with Gasteiger partial charge in [0.2, 0.25) is 5.91 Å². The summed E-state index contributed by atoms with van der Waals surface area (Å²) in [6.45, 7) is 0. The number of pyridine rings is 1. The minimum absolute atomic E-state index is 0.164. The summed E-state index contributed by atoms with van der Waals surface area (Å²) < 4.78 is 0.648. The summed E-state index contributed by atoms with van der Waals surface area (Å²) in [6.07, 6.45) is 0. The Balaban J connectivity index is 1.99. The van der Waals surface area contributed by atoms with Crippen LogP contribution in [0, 0.1) is 0 Å². The van der Waals surface area contributed by atoms with E-state index in [4.69, 9.17) is 0 Å². The molecular formula is C9H8BrN3O2S. The van der Waals surface area contributed by atoms with Crippen molar-refractivity contribution in [3.8, 4) is 0 Å². The standard InChI is InChI=1S/C9H8BrN3O2S/c10-6-2-1-3-7(12-6)13-8(14)5-4-16-9(15)11-5/h1-3,5H,4H2,(H,11,15)(H,12,13,14). The zero-order chi connectivity index (χ0) is 11.5. The molecule has 7 heteroatoms. The number of thioether (sulfide) groups is 1. The largest absolute Gasteiger partial charge is 0.334 e. The Morgan fingerprint density at radius 3 is 3.06 bits per heavy atom. The Hall–Kier alpha value is -1.08. The molecule has 1 aliphatic heterocycles. The van der Waals surface area contributed by atoms with E-state index in [9.17, 15) is 9.59 Å². The van der Waals surface area contributed by atoms with E-state index in [0.717, 1.165) is 11.8 Å². The second-order valence-electron chi connectivity index (χ2n) is 3.13. The van der Waals surface area contributed by atoms with Gasteiger partial charge >= 0.3 is 0 Å².